The molecular formula is C53H93N3O17. The van der Waals surface area contributed by atoms with Gasteiger partial charge in [0.25, 0.3) is 0 Å². The van der Waals surface area contributed by atoms with Crippen molar-refractivity contribution in [2.45, 2.75) is 224 Å². The summed E-state index contributed by atoms with van der Waals surface area (Å²) in [4.78, 5) is 41.4. The van der Waals surface area contributed by atoms with Gasteiger partial charge < -0.3 is 81.8 Å². The highest BCUT2D eigenvalue weighted by Gasteiger charge is 2.50. The normalized spacial score (nSPS) is 38.3. The van der Waals surface area contributed by atoms with Crippen LogP contribution in [0.4, 0.5) is 0 Å². The van der Waals surface area contributed by atoms with Crippen LogP contribution < -0.4 is 11.5 Å². The predicted octanol–water partition coefficient (Wildman–Crippen LogP) is 2.49. The Morgan fingerprint density at radius 2 is 1.42 bits per heavy atom. The van der Waals surface area contributed by atoms with Gasteiger partial charge >= 0.3 is 17.9 Å². The van der Waals surface area contributed by atoms with E-state index in [1.54, 1.807) is 33.8 Å². The molecule has 2 heterocycles. The summed E-state index contributed by atoms with van der Waals surface area (Å²) >= 11 is 0. The number of nitrogens with two attached hydrogens (primary N) is 2. The number of hydrogen-bond donors (Lipinski definition) is 13. The van der Waals surface area contributed by atoms with Gasteiger partial charge in [0.2, 0.25) is 0 Å². The van der Waals surface area contributed by atoms with E-state index in [0.717, 1.165) is 32.1 Å². The Morgan fingerprint density at radius 3 is 2.07 bits per heavy atom. The second-order valence-electron chi connectivity index (χ2n) is 21.4. The quantitative estimate of drug-likeness (QED) is 0.0297. The SMILES string of the molecule is C[C@H](CCC/C=C/CCCN=C(N)N)C[C@@H](C)[C@H]1OC(=O)/C=C\[C@H](C)[C@@H](O)C[C@@H](O)[C@H](C)[C@@H](O)CC[C@@H](C)[C@H](O)C[C@@]2(O)O[C@@H](C[C@H](OC(=O)CC(=O)O)C[C@@H](O)C[C@@H](O)[C@@H](C)[C@@H](O)/C=C\[C@H]1C)C[C@H](O)[C@@H]2O. The van der Waals surface area contributed by atoms with Gasteiger partial charge in [-0.25, -0.2) is 4.79 Å². The molecule has 0 aromatic carbocycles. The van der Waals surface area contributed by atoms with Crippen LogP contribution >= 0.6 is 0 Å². The number of fused-ring (bicyclic) bond motifs is 2. The van der Waals surface area contributed by atoms with Gasteiger partial charge in [-0.2, -0.15) is 0 Å². The Bertz CT molecular complexity index is 1750. The van der Waals surface area contributed by atoms with Gasteiger partial charge in [-0.1, -0.05) is 85.3 Å². The number of carboxylic acids is 1. The van der Waals surface area contributed by atoms with E-state index in [2.05, 4.69) is 24.1 Å². The molecule has 0 aromatic rings. The van der Waals surface area contributed by atoms with E-state index in [1.807, 2.05) is 13.8 Å². The first-order chi connectivity index (χ1) is 34.1. The average Bonchev–Trinajstić information content (AvgIpc) is 3.30. The highest BCUT2D eigenvalue weighted by Crippen LogP contribution is 2.36. The van der Waals surface area contributed by atoms with Gasteiger partial charge in [-0.15, -0.1) is 0 Å². The van der Waals surface area contributed by atoms with Crippen molar-refractivity contribution < 1.29 is 84.8 Å². The number of hydrogen-bond acceptors (Lipinski definition) is 17. The number of ether oxygens (including phenoxy) is 3. The van der Waals surface area contributed by atoms with E-state index in [9.17, 15) is 70.6 Å². The first-order valence-electron chi connectivity index (χ1n) is 26.3. The maximum Gasteiger partial charge on any atom is 0.330 e. The first kappa shape index (κ1) is 65.6. The number of carboxylic acid groups (broad SMARTS) is 1. The molecule has 2 aliphatic rings. The van der Waals surface area contributed by atoms with E-state index in [0.29, 0.717) is 13.0 Å². The zero-order valence-electron chi connectivity index (χ0n) is 44.2. The van der Waals surface area contributed by atoms with Crippen molar-refractivity contribution in [3.63, 3.8) is 0 Å². The minimum absolute atomic E-state index is 0.0758. The lowest BCUT2D eigenvalue weighted by Gasteiger charge is -2.45. The van der Waals surface area contributed by atoms with E-state index in [-0.39, 0.29) is 62.7 Å². The summed E-state index contributed by atoms with van der Waals surface area (Å²) < 4.78 is 17.4. The number of carbonyl (C=O) groups excluding carboxylic acids is 2. The van der Waals surface area contributed by atoms with Crippen LogP contribution in [-0.2, 0) is 28.6 Å². The fraction of sp³-hybridized carbons (Fsp3) is 0.811. The molecule has 15 N–H and O–H groups in total. The number of allylic oxidation sites excluding steroid dienone is 2. The monoisotopic (exact) mass is 1040 g/mol. The lowest BCUT2D eigenvalue weighted by molar-refractivity contribution is -0.333. The molecule has 0 amide bonds. The minimum Gasteiger partial charge on any atom is -0.481 e. The van der Waals surface area contributed by atoms with E-state index in [4.69, 9.17) is 25.7 Å². The van der Waals surface area contributed by atoms with Gasteiger partial charge in [-0.3, -0.25) is 14.6 Å². The number of carbonyl (C=O) groups is 3. The van der Waals surface area contributed by atoms with Crippen LogP contribution in [0.15, 0.2) is 41.4 Å². The van der Waals surface area contributed by atoms with Crippen LogP contribution in [0.1, 0.15) is 145 Å². The second-order valence-corrected chi connectivity index (χ2v) is 21.4. The van der Waals surface area contributed by atoms with Crippen molar-refractivity contribution in [2.75, 3.05) is 6.54 Å². The Morgan fingerprint density at radius 1 is 0.781 bits per heavy atom. The van der Waals surface area contributed by atoms with Gasteiger partial charge in [0, 0.05) is 68.4 Å². The number of aliphatic imine (C=N–C) groups is 1. The Labute approximate surface area is 432 Å². The number of unbranched alkanes of at least 4 members (excludes halogenated alkanes) is 2. The van der Waals surface area contributed by atoms with E-state index in [1.165, 1.54) is 18.2 Å². The number of aliphatic carboxylic acids is 1. The number of guanidine groups is 1. The zero-order valence-corrected chi connectivity index (χ0v) is 44.2. The molecule has 2 rings (SSSR count). The Balaban J connectivity index is 2.42. The molecule has 73 heavy (non-hydrogen) atoms. The van der Waals surface area contributed by atoms with E-state index < -0.39 is 139 Å². The molecular weight excluding hydrogens is 951 g/mol. The van der Waals surface area contributed by atoms with Crippen molar-refractivity contribution in [1.82, 2.24) is 0 Å². The highest BCUT2D eigenvalue weighted by molar-refractivity contribution is 5.90. The third-order valence-electron chi connectivity index (χ3n) is 14.7. The second kappa shape index (κ2) is 32.8. The van der Waals surface area contributed by atoms with Gasteiger partial charge in [0.1, 0.15) is 24.7 Å². The zero-order chi connectivity index (χ0) is 55.2. The lowest BCUT2D eigenvalue weighted by Crippen LogP contribution is -2.60. The summed E-state index contributed by atoms with van der Waals surface area (Å²) in [5.74, 6) is -8.90. The molecule has 0 unspecified atom stereocenters. The van der Waals surface area contributed by atoms with Gasteiger partial charge in [-0.05, 0) is 69.1 Å². The molecule has 0 aliphatic carbocycles. The summed E-state index contributed by atoms with van der Waals surface area (Å²) in [6.07, 6.45) is -2.69. The molecule has 2 aliphatic heterocycles. The number of aliphatic hydroxyl groups excluding tert-OH is 9. The van der Waals surface area contributed by atoms with Gasteiger partial charge in [0.05, 0.1) is 54.9 Å². The molecule has 0 saturated carbocycles. The van der Waals surface area contributed by atoms with Crippen molar-refractivity contribution in [1.29, 1.82) is 0 Å². The molecule has 0 spiro atoms. The molecule has 20 atom stereocenters. The van der Waals surface area contributed by atoms with Crippen LogP contribution in [0.2, 0.25) is 0 Å². The standard InChI is InChI=1S/C53H93N3O17/c1-30(14-12-10-8-9-11-13-21-56-52(54)55)22-34(5)50-33(4)16-19-41(59)35(6)43(61)24-37(57)23-38(71-49(68)28-47(65)66)25-39-26-45(63)51(69)53(70,73-39)29-46(64)32(3)15-18-40(58)36(7)44(62)27-42(60)31(2)17-20-48(67)72-50/h8-9,16-17,19-20,30-46,50-51,57-64,69-70H,10-15,18,21-29H2,1-7H3,(H,65,66)(H4,54,55,56)/b9-8+,19-16-,20-17-/t30-,31+,32-,33-,34-,35+,36-,37-,38-,39+,40+,41+,42+,43-,44-,45+,46-,50+,51+,53-/m1/s1. The number of aliphatic hydroxyl groups is 10. The average molecular weight is 1040 g/mol. The topological polar surface area (TPSA) is 366 Å². The Kier molecular flexibility index (Phi) is 29.5. The van der Waals surface area contributed by atoms with Crippen LogP contribution in [0.3, 0.4) is 0 Å². The number of rotatable bonds is 14. The number of nitrogens with zero attached hydrogens (tertiary/aromatic N) is 1. The maximum atomic E-state index is 13.5. The molecule has 422 valence electrons. The van der Waals surface area contributed by atoms with Crippen molar-refractivity contribution >= 4 is 23.9 Å². The first-order valence-corrected chi connectivity index (χ1v) is 26.3. The predicted molar refractivity (Wildman–Crippen MR) is 273 cm³/mol. The molecule has 2 bridgehead atoms. The molecule has 20 heteroatoms. The van der Waals surface area contributed by atoms with Crippen molar-refractivity contribution in [3.8, 4) is 0 Å². The molecule has 1 fully saturated rings. The fourth-order valence-corrected chi connectivity index (χ4v) is 9.67. The molecule has 0 radical (unpaired) electrons. The van der Waals surface area contributed by atoms with E-state index >= 15 is 0 Å². The van der Waals surface area contributed by atoms with Crippen LogP contribution in [0.5, 0.6) is 0 Å². The van der Waals surface area contributed by atoms with Crippen LogP contribution in [0, 0.1) is 41.4 Å². The molecule has 20 nitrogen and oxygen atoms in total. The molecule has 1 saturated heterocycles. The molecule has 0 aromatic heterocycles. The van der Waals surface area contributed by atoms with Crippen LogP contribution in [0.25, 0.3) is 0 Å². The Hall–Kier alpha value is -3.54. The van der Waals surface area contributed by atoms with Crippen LogP contribution in [-0.4, -0.2) is 166 Å². The van der Waals surface area contributed by atoms with Crippen molar-refractivity contribution in [2.24, 2.45) is 57.9 Å². The number of cyclic esters (lactones) is 1. The van der Waals surface area contributed by atoms with Gasteiger partial charge in [0.15, 0.2) is 11.7 Å². The summed E-state index contributed by atoms with van der Waals surface area (Å²) in [6, 6.07) is 0. The summed E-state index contributed by atoms with van der Waals surface area (Å²) in [7, 11) is 0. The largest absolute Gasteiger partial charge is 0.481 e. The lowest BCUT2D eigenvalue weighted by atomic mass is 9.83. The highest BCUT2D eigenvalue weighted by atomic mass is 16.7. The third-order valence-corrected chi connectivity index (χ3v) is 14.7. The third kappa shape index (κ3) is 24.3. The summed E-state index contributed by atoms with van der Waals surface area (Å²) in [5.41, 5.74) is 10.8. The number of esters is 2. The summed E-state index contributed by atoms with van der Waals surface area (Å²) in [6.45, 7) is 13.0. The minimum atomic E-state index is -2.52. The van der Waals surface area contributed by atoms with Crippen molar-refractivity contribution in [3.05, 3.63) is 36.5 Å². The summed E-state index contributed by atoms with van der Waals surface area (Å²) in [5, 5.41) is 121. The smallest absolute Gasteiger partial charge is 0.330 e. The maximum absolute atomic E-state index is 13.5. The fourth-order valence-electron chi connectivity index (χ4n) is 9.67.